The quantitative estimate of drug-likeness (QED) is 0.656. The fourth-order valence-electron chi connectivity index (χ4n) is 2.21. The van der Waals surface area contributed by atoms with Crippen molar-refractivity contribution in [1.82, 2.24) is 9.97 Å². The zero-order valence-corrected chi connectivity index (χ0v) is 14.6. The van der Waals surface area contributed by atoms with E-state index in [9.17, 15) is 9.59 Å². The van der Waals surface area contributed by atoms with Crippen molar-refractivity contribution in [1.29, 1.82) is 0 Å². The van der Waals surface area contributed by atoms with E-state index in [0.717, 1.165) is 5.69 Å². The number of nitrogens with one attached hydrogen (secondary N) is 2. The fraction of sp³-hybridized carbons (Fsp3) is 0.0526. The average molecular weight is 367 g/mol. The van der Waals surface area contributed by atoms with Gasteiger partial charge in [0, 0.05) is 22.0 Å². The minimum absolute atomic E-state index is 0.0310. The van der Waals surface area contributed by atoms with Crippen LogP contribution in [-0.4, -0.2) is 21.7 Å². The Bertz CT molecular complexity index is 941. The molecule has 0 saturated heterocycles. The molecule has 3 rings (SSSR count). The van der Waals surface area contributed by atoms with E-state index in [0.29, 0.717) is 22.1 Å². The standard InChI is InChI=1S/C19H15ClN4O2/c1-12(25)13-5-7-15(8-6-13)24-19(26)17-10-22-18(11-21-17)23-16-4-2-3-14(20)9-16/h2-11H,1H3,(H,22,23)(H,24,26). The molecule has 1 amide bonds. The molecule has 1 heterocycles. The molecular formula is C19H15ClN4O2. The number of hydrogen-bond donors (Lipinski definition) is 2. The summed E-state index contributed by atoms with van der Waals surface area (Å²) >= 11 is 5.93. The number of aromatic nitrogens is 2. The first-order chi connectivity index (χ1) is 12.5. The van der Waals surface area contributed by atoms with Crippen molar-refractivity contribution in [3.63, 3.8) is 0 Å². The number of ketones is 1. The van der Waals surface area contributed by atoms with Gasteiger partial charge >= 0.3 is 0 Å². The Hall–Kier alpha value is -3.25. The van der Waals surface area contributed by atoms with Crippen molar-refractivity contribution >= 4 is 40.5 Å². The molecule has 0 spiro atoms. The van der Waals surface area contributed by atoms with Crippen LogP contribution < -0.4 is 10.6 Å². The summed E-state index contributed by atoms with van der Waals surface area (Å²) in [6, 6.07) is 13.8. The molecule has 0 radical (unpaired) electrons. The lowest BCUT2D eigenvalue weighted by atomic mass is 10.1. The van der Waals surface area contributed by atoms with Gasteiger partial charge in [0.2, 0.25) is 0 Å². The molecule has 0 aliphatic heterocycles. The molecule has 0 saturated carbocycles. The predicted molar refractivity (Wildman–Crippen MR) is 101 cm³/mol. The normalized spacial score (nSPS) is 10.2. The van der Waals surface area contributed by atoms with Crippen LogP contribution >= 0.6 is 11.6 Å². The highest BCUT2D eigenvalue weighted by atomic mass is 35.5. The Morgan fingerprint density at radius 1 is 0.962 bits per heavy atom. The Labute approximate surface area is 155 Å². The summed E-state index contributed by atoms with van der Waals surface area (Å²) in [5.74, 6) is 0.0774. The smallest absolute Gasteiger partial charge is 0.275 e. The number of halogens is 1. The van der Waals surface area contributed by atoms with Gasteiger partial charge in [-0.15, -0.1) is 0 Å². The fourth-order valence-corrected chi connectivity index (χ4v) is 2.40. The molecule has 0 aliphatic carbocycles. The Morgan fingerprint density at radius 3 is 2.35 bits per heavy atom. The first-order valence-electron chi connectivity index (χ1n) is 7.78. The molecule has 0 fully saturated rings. The summed E-state index contributed by atoms with van der Waals surface area (Å²) < 4.78 is 0. The van der Waals surface area contributed by atoms with Gasteiger partial charge in [0.25, 0.3) is 5.91 Å². The van der Waals surface area contributed by atoms with E-state index >= 15 is 0 Å². The molecule has 130 valence electrons. The molecule has 2 aromatic carbocycles. The first-order valence-corrected chi connectivity index (χ1v) is 8.16. The molecule has 0 atom stereocenters. The molecule has 3 aromatic rings. The van der Waals surface area contributed by atoms with E-state index in [4.69, 9.17) is 11.6 Å². The zero-order valence-electron chi connectivity index (χ0n) is 13.9. The van der Waals surface area contributed by atoms with Crippen LogP contribution in [0, 0.1) is 0 Å². The number of carbonyl (C=O) groups is 2. The van der Waals surface area contributed by atoms with Crippen molar-refractivity contribution in [2.24, 2.45) is 0 Å². The summed E-state index contributed by atoms with van der Waals surface area (Å²) in [6.07, 6.45) is 2.85. The summed E-state index contributed by atoms with van der Waals surface area (Å²) in [4.78, 5) is 31.8. The number of carbonyl (C=O) groups excluding carboxylic acids is 2. The zero-order chi connectivity index (χ0) is 18.5. The largest absolute Gasteiger partial charge is 0.339 e. The van der Waals surface area contributed by atoms with Crippen LogP contribution in [0.5, 0.6) is 0 Å². The van der Waals surface area contributed by atoms with E-state index in [2.05, 4.69) is 20.6 Å². The van der Waals surface area contributed by atoms with Crippen LogP contribution in [0.1, 0.15) is 27.8 Å². The van der Waals surface area contributed by atoms with Crippen molar-refractivity contribution in [2.45, 2.75) is 6.92 Å². The lowest BCUT2D eigenvalue weighted by Crippen LogP contribution is -2.14. The SMILES string of the molecule is CC(=O)c1ccc(NC(=O)c2cnc(Nc3cccc(Cl)c3)cn2)cc1. The predicted octanol–water partition coefficient (Wildman–Crippen LogP) is 4.33. The van der Waals surface area contributed by atoms with Gasteiger partial charge in [0.05, 0.1) is 12.4 Å². The van der Waals surface area contributed by atoms with E-state index in [1.165, 1.54) is 19.3 Å². The van der Waals surface area contributed by atoms with Crippen LogP contribution in [-0.2, 0) is 0 Å². The number of nitrogens with zero attached hydrogens (tertiary/aromatic N) is 2. The third-order valence-corrected chi connectivity index (χ3v) is 3.77. The minimum Gasteiger partial charge on any atom is -0.339 e. The number of rotatable bonds is 5. The highest BCUT2D eigenvalue weighted by Crippen LogP contribution is 2.18. The summed E-state index contributed by atoms with van der Waals surface area (Å²) in [5.41, 5.74) is 2.11. The van der Waals surface area contributed by atoms with E-state index < -0.39 is 0 Å². The van der Waals surface area contributed by atoms with Crippen LogP contribution in [0.2, 0.25) is 5.02 Å². The maximum absolute atomic E-state index is 12.2. The monoisotopic (exact) mass is 366 g/mol. The van der Waals surface area contributed by atoms with Gasteiger partial charge in [-0.05, 0) is 49.4 Å². The van der Waals surface area contributed by atoms with Crippen LogP contribution in [0.4, 0.5) is 17.2 Å². The molecule has 2 N–H and O–H groups in total. The summed E-state index contributed by atoms with van der Waals surface area (Å²) in [5, 5.41) is 6.37. The van der Waals surface area contributed by atoms with E-state index in [-0.39, 0.29) is 17.4 Å². The second-order valence-corrected chi connectivity index (χ2v) is 5.95. The van der Waals surface area contributed by atoms with Gasteiger partial charge in [-0.25, -0.2) is 9.97 Å². The summed E-state index contributed by atoms with van der Waals surface area (Å²) in [6.45, 7) is 1.49. The number of amides is 1. The van der Waals surface area contributed by atoms with Crippen LogP contribution in [0.3, 0.4) is 0 Å². The Kier molecular flexibility index (Phi) is 5.24. The Balaban J connectivity index is 1.65. The van der Waals surface area contributed by atoms with Crippen LogP contribution in [0.15, 0.2) is 60.9 Å². The number of benzene rings is 2. The molecule has 26 heavy (non-hydrogen) atoms. The number of Topliss-reactive ketones (excluding diaryl/α,β-unsaturated/α-hetero) is 1. The van der Waals surface area contributed by atoms with Crippen molar-refractivity contribution < 1.29 is 9.59 Å². The lowest BCUT2D eigenvalue weighted by molar-refractivity contribution is 0.101. The summed E-state index contributed by atoms with van der Waals surface area (Å²) in [7, 11) is 0. The highest BCUT2D eigenvalue weighted by Gasteiger charge is 2.09. The second-order valence-electron chi connectivity index (χ2n) is 5.51. The second kappa shape index (κ2) is 7.76. The number of anilines is 3. The van der Waals surface area contributed by atoms with Crippen LogP contribution in [0.25, 0.3) is 0 Å². The van der Waals surface area contributed by atoms with Crippen molar-refractivity contribution in [3.05, 3.63) is 77.2 Å². The van der Waals surface area contributed by atoms with Gasteiger partial charge in [-0.2, -0.15) is 0 Å². The van der Waals surface area contributed by atoms with Gasteiger partial charge in [0.15, 0.2) is 5.78 Å². The van der Waals surface area contributed by atoms with Gasteiger partial charge in [-0.3, -0.25) is 9.59 Å². The van der Waals surface area contributed by atoms with Gasteiger partial charge in [-0.1, -0.05) is 17.7 Å². The highest BCUT2D eigenvalue weighted by molar-refractivity contribution is 6.30. The molecular weight excluding hydrogens is 352 g/mol. The van der Waals surface area contributed by atoms with Crippen molar-refractivity contribution in [3.8, 4) is 0 Å². The molecule has 1 aromatic heterocycles. The number of hydrogen-bond acceptors (Lipinski definition) is 5. The average Bonchev–Trinajstić information content (AvgIpc) is 2.63. The molecule has 0 unspecified atom stereocenters. The molecule has 6 nitrogen and oxygen atoms in total. The van der Waals surface area contributed by atoms with Crippen molar-refractivity contribution in [2.75, 3.05) is 10.6 Å². The first kappa shape index (κ1) is 17.6. The van der Waals surface area contributed by atoms with E-state index in [1.807, 2.05) is 12.1 Å². The Morgan fingerprint density at radius 2 is 1.73 bits per heavy atom. The maximum atomic E-state index is 12.2. The van der Waals surface area contributed by atoms with Gasteiger partial charge in [0.1, 0.15) is 11.5 Å². The molecule has 7 heteroatoms. The third-order valence-electron chi connectivity index (χ3n) is 3.53. The maximum Gasteiger partial charge on any atom is 0.275 e. The molecule has 0 bridgehead atoms. The van der Waals surface area contributed by atoms with E-state index in [1.54, 1.807) is 36.4 Å². The topological polar surface area (TPSA) is 84.0 Å². The lowest BCUT2D eigenvalue weighted by Gasteiger charge is -2.07. The minimum atomic E-state index is -0.387. The van der Waals surface area contributed by atoms with Gasteiger partial charge < -0.3 is 10.6 Å². The molecule has 0 aliphatic rings. The third kappa shape index (κ3) is 4.43.